The summed E-state index contributed by atoms with van der Waals surface area (Å²) in [6.45, 7) is 4.29. The Kier molecular flexibility index (Phi) is 4.91. The Morgan fingerprint density at radius 1 is 1.19 bits per heavy atom. The molecule has 0 amide bonds. The van der Waals surface area contributed by atoms with Gasteiger partial charge in [-0.2, -0.15) is 0 Å². The third kappa shape index (κ3) is 3.84. The molecule has 0 aromatic heterocycles. The summed E-state index contributed by atoms with van der Waals surface area (Å²) < 4.78 is 11.2. The first-order valence-corrected chi connectivity index (χ1v) is 7.69. The van der Waals surface area contributed by atoms with Gasteiger partial charge < -0.3 is 14.6 Å². The van der Waals surface area contributed by atoms with Gasteiger partial charge in [0.1, 0.15) is 18.5 Å². The van der Waals surface area contributed by atoms with E-state index in [0.717, 1.165) is 44.9 Å². The number of allylic oxidation sites excluding steroid dienone is 2. The molecular weight excluding hydrogens is 266 g/mol. The molecule has 1 aliphatic carbocycles. The average molecular weight is 289 g/mol. The minimum Gasteiger partial charge on any atom is -0.491 e. The van der Waals surface area contributed by atoms with Crippen molar-refractivity contribution in [1.82, 2.24) is 4.90 Å². The van der Waals surface area contributed by atoms with Crippen LogP contribution in [0.5, 0.6) is 5.75 Å². The van der Waals surface area contributed by atoms with Gasteiger partial charge in [-0.25, -0.2) is 0 Å². The van der Waals surface area contributed by atoms with Crippen LogP contribution in [0.15, 0.2) is 30.4 Å². The summed E-state index contributed by atoms with van der Waals surface area (Å²) in [5, 5.41) is 10.1. The summed E-state index contributed by atoms with van der Waals surface area (Å²) >= 11 is 0. The van der Waals surface area contributed by atoms with Crippen molar-refractivity contribution in [1.29, 1.82) is 0 Å². The average Bonchev–Trinajstić information content (AvgIpc) is 2.54. The highest BCUT2D eigenvalue weighted by atomic mass is 16.5. The normalized spacial score (nSPS) is 20.0. The van der Waals surface area contributed by atoms with Crippen LogP contribution < -0.4 is 4.74 Å². The molecule has 4 nitrogen and oxygen atoms in total. The maximum Gasteiger partial charge on any atom is 0.123 e. The number of hydrogen-bond acceptors (Lipinski definition) is 4. The Morgan fingerprint density at radius 3 is 2.86 bits per heavy atom. The second-order valence-corrected chi connectivity index (χ2v) is 5.65. The first-order valence-electron chi connectivity index (χ1n) is 7.69. The quantitative estimate of drug-likeness (QED) is 0.832. The molecule has 3 rings (SSSR count). The minimum absolute atomic E-state index is 0.345. The number of hydrogen-bond donors (Lipinski definition) is 1. The van der Waals surface area contributed by atoms with Gasteiger partial charge in [-0.05, 0) is 24.5 Å². The summed E-state index contributed by atoms with van der Waals surface area (Å²) in [6, 6.07) is 6.18. The number of benzene rings is 1. The van der Waals surface area contributed by atoms with Crippen LogP contribution in [-0.4, -0.2) is 55.6 Å². The molecule has 1 heterocycles. The van der Waals surface area contributed by atoms with E-state index in [1.165, 1.54) is 11.1 Å². The van der Waals surface area contributed by atoms with Crippen LogP contribution in [0.1, 0.15) is 11.1 Å². The number of fused-ring (bicyclic) bond motifs is 1. The number of rotatable bonds is 5. The highest BCUT2D eigenvalue weighted by Gasteiger charge is 2.16. The number of β-amino-alcohol motifs (C(OH)–C–C–N with tert-alkyl or cyclic N) is 1. The van der Waals surface area contributed by atoms with Gasteiger partial charge in [0.15, 0.2) is 0 Å². The predicted molar refractivity (Wildman–Crippen MR) is 81.8 cm³/mol. The van der Waals surface area contributed by atoms with Crippen molar-refractivity contribution in [2.24, 2.45) is 0 Å². The summed E-state index contributed by atoms with van der Waals surface area (Å²) in [4.78, 5) is 2.22. The Bertz CT molecular complexity index is 495. The molecule has 1 unspecified atom stereocenters. The van der Waals surface area contributed by atoms with Crippen molar-refractivity contribution in [3.63, 3.8) is 0 Å². The fourth-order valence-corrected chi connectivity index (χ4v) is 2.90. The molecule has 1 atom stereocenters. The van der Waals surface area contributed by atoms with Gasteiger partial charge in [0.25, 0.3) is 0 Å². The zero-order valence-electron chi connectivity index (χ0n) is 12.3. The second-order valence-electron chi connectivity index (χ2n) is 5.65. The third-order valence-electron chi connectivity index (χ3n) is 4.06. The maximum absolute atomic E-state index is 10.1. The molecule has 0 bridgehead atoms. The zero-order chi connectivity index (χ0) is 14.5. The molecule has 4 heteroatoms. The van der Waals surface area contributed by atoms with Crippen molar-refractivity contribution in [2.75, 3.05) is 39.5 Å². The first-order chi connectivity index (χ1) is 10.3. The van der Waals surface area contributed by atoms with Crippen molar-refractivity contribution in [3.05, 3.63) is 41.5 Å². The number of morpholine rings is 1. The van der Waals surface area contributed by atoms with Crippen LogP contribution in [0.25, 0.3) is 0 Å². The van der Waals surface area contributed by atoms with Crippen molar-refractivity contribution in [3.8, 4) is 5.75 Å². The van der Waals surface area contributed by atoms with Gasteiger partial charge in [0.05, 0.1) is 13.2 Å². The van der Waals surface area contributed by atoms with Crippen LogP contribution in [0, 0.1) is 0 Å². The van der Waals surface area contributed by atoms with E-state index in [1.54, 1.807) is 0 Å². The first kappa shape index (κ1) is 14.6. The molecule has 1 N–H and O–H groups in total. The monoisotopic (exact) mass is 289 g/mol. The van der Waals surface area contributed by atoms with Crippen molar-refractivity contribution < 1.29 is 14.6 Å². The van der Waals surface area contributed by atoms with Gasteiger partial charge in [0, 0.05) is 25.2 Å². The van der Waals surface area contributed by atoms with Gasteiger partial charge in [-0.3, -0.25) is 4.90 Å². The van der Waals surface area contributed by atoms with Gasteiger partial charge >= 0.3 is 0 Å². The molecule has 1 aromatic rings. The highest BCUT2D eigenvalue weighted by Crippen LogP contribution is 2.26. The molecular formula is C17H23NO3. The highest BCUT2D eigenvalue weighted by molar-refractivity contribution is 5.44. The van der Waals surface area contributed by atoms with E-state index in [4.69, 9.17) is 9.47 Å². The lowest BCUT2D eigenvalue weighted by molar-refractivity contribution is 0.00458. The maximum atomic E-state index is 10.1. The number of ether oxygens (including phenoxy) is 2. The van der Waals surface area contributed by atoms with E-state index >= 15 is 0 Å². The van der Waals surface area contributed by atoms with Crippen molar-refractivity contribution in [2.45, 2.75) is 18.9 Å². The van der Waals surface area contributed by atoms with Gasteiger partial charge in [-0.15, -0.1) is 0 Å². The number of aliphatic hydroxyl groups is 1. The van der Waals surface area contributed by atoms with E-state index in [2.05, 4.69) is 23.1 Å². The molecule has 0 radical (unpaired) electrons. The molecule has 21 heavy (non-hydrogen) atoms. The lowest BCUT2D eigenvalue weighted by atomic mass is 9.96. The molecule has 1 saturated heterocycles. The molecule has 2 aliphatic rings. The lowest BCUT2D eigenvalue weighted by Crippen LogP contribution is -2.42. The van der Waals surface area contributed by atoms with E-state index in [-0.39, 0.29) is 0 Å². The number of nitrogens with zero attached hydrogens (tertiary/aromatic N) is 1. The largest absolute Gasteiger partial charge is 0.491 e. The molecule has 1 fully saturated rings. The fourth-order valence-electron chi connectivity index (χ4n) is 2.90. The van der Waals surface area contributed by atoms with Gasteiger partial charge in [0.2, 0.25) is 0 Å². The van der Waals surface area contributed by atoms with E-state index in [0.29, 0.717) is 13.2 Å². The van der Waals surface area contributed by atoms with E-state index in [9.17, 15) is 5.11 Å². The van der Waals surface area contributed by atoms with Crippen LogP contribution in [0.4, 0.5) is 0 Å². The standard InChI is InChI=1S/C17H23NO3/c19-15(12-18-8-10-20-11-9-18)13-21-17-7-3-5-14-4-1-2-6-16(14)17/h1-3,5,7,15,19H,4,6,8-13H2. The zero-order valence-corrected chi connectivity index (χ0v) is 12.3. The topological polar surface area (TPSA) is 41.9 Å². The second kappa shape index (κ2) is 7.07. The summed E-state index contributed by atoms with van der Waals surface area (Å²) in [5.74, 6) is 0.915. The lowest BCUT2D eigenvalue weighted by Gasteiger charge is -2.28. The Balaban J connectivity index is 1.53. The molecule has 1 aromatic carbocycles. The SMILES string of the molecule is OC(COc1cccc2c1CC=CC2)CN1CCOCC1. The van der Waals surface area contributed by atoms with Crippen LogP contribution in [0.2, 0.25) is 0 Å². The van der Waals surface area contributed by atoms with Crippen LogP contribution >= 0.6 is 0 Å². The number of aliphatic hydroxyl groups excluding tert-OH is 1. The Hall–Kier alpha value is -1.36. The fraction of sp³-hybridized carbons (Fsp3) is 0.529. The van der Waals surface area contributed by atoms with Crippen LogP contribution in [-0.2, 0) is 17.6 Å². The summed E-state index contributed by atoms with van der Waals surface area (Å²) in [6.07, 6.45) is 5.81. The molecule has 0 spiro atoms. The third-order valence-corrected chi connectivity index (χ3v) is 4.06. The minimum atomic E-state index is -0.460. The predicted octanol–water partition coefficient (Wildman–Crippen LogP) is 1.41. The molecule has 1 aliphatic heterocycles. The summed E-state index contributed by atoms with van der Waals surface area (Å²) in [7, 11) is 0. The Labute approximate surface area is 126 Å². The van der Waals surface area contributed by atoms with Gasteiger partial charge in [-0.1, -0.05) is 24.3 Å². The van der Waals surface area contributed by atoms with E-state index < -0.39 is 6.10 Å². The molecule has 0 saturated carbocycles. The molecule has 114 valence electrons. The van der Waals surface area contributed by atoms with E-state index in [1.807, 2.05) is 12.1 Å². The Morgan fingerprint density at radius 2 is 2.00 bits per heavy atom. The van der Waals surface area contributed by atoms with Crippen molar-refractivity contribution >= 4 is 0 Å². The van der Waals surface area contributed by atoms with Crippen LogP contribution in [0.3, 0.4) is 0 Å². The summed E-state index contributed by atoms with van der Waals surface area (Å²) in [5.41, 5.74) is 2.59. The smallest absolute Gasteiger partial charge is 0.123 e.